The molecule has 0 heterocycles. The zero-order valence-corrected chi connectivity index (χ0v) is 15.6. The van der Waals surface area contributed by atoms with Crippen molar-refractivity contribution in [3.05, 3.63) is 65.7 Å². The van der Waals surface area contributed by atoms with Crippen molar-refractivity contribution in [2.75, 3.05) is 18.4 Å². The minimum absolute atomic E-state index is 0.101. The summed E-state index contributed by atoms with van der Waals surface area (Å²) in [6, 6.07) is 17.1. The van der Waals surface area contributed by atoms with Crippen LogP contribution in [0.25, 0.3) is 0 Å². The van der Waals surface area contributed by atoms with Gasteiger partial charge in [-0.05, 0) is 36.6 Å². The number of amides is 2. The van der Waals surface area contributed by atoms with Crippen molar-refractivity contribution < 1.29 is 9.59 Å². The van der Waals surface area contributed by atoms with Crippen molar-refractivity contribution in [2.24, 2.45) is 5.92 Å². The van der Waals surface area contributed by atoms with Crippen LogP contribution in [0.3, 0.4) is 0 Å². The Morgan fingerprint density at radius 2 is 1.73 bits per heavy atom. The first-order valence-corrected chi connectivity index (χ1v) is 8.97. The Morgan fingerprint density at radius 1 is 1.00 bits per heavy atom. The topological polar surface area (TPSA) is 70.2 Å². The fraction of sp³-hybridized carbons (Fsp3) is 0.333. The third kappa shape index (κ3) is 5.70. The summed E-state index contributed by atoms with van der Waals surface area (Å²) in [5, 5.41) is 8.91. The van der Waals surface area contributed by atoms with Gasteiger partial charge in [0.25, 0.3) is 5.91 Å². The van der Waals surface area contributed by atoms with Crippen molar-refractivity contribution >= 4 is 17.5 Å². The van der Waals surface area contributed by atoms with Gasteiger partial charge in [-0.15, -0.1) is 0 Å². The highest BCUT2D eigenvalue weighted by Crippen LogP contribution is 2.21. The minimum atomic E-state index is -0.148. The van der Waals surface area contributed by atoms with Gasteiger partial charge < -0.3 is 16.0 Å². The third-order valence-corrected chi connectivity index (χ3v) is 4.05. The van der Waals surface area contributed by atoms with Gasteiger partial charge >= 0.3 is 0 Å². The smallest absolute Gasteiger partial charge is 0.251 e. The van der Waals surface area contributed by atoms with Crippen molar-refractivity contribution in [3.8, 4) is 0 Å². The lowest BCUT2D eigenvalue weighted by molar-refractivity contribution is -0.115. The van der Waals surface area contributed by atoms with Crippen LogP contribution in [-0.4, -0.2) is 24.9 Å². The average molecular weight is 353 g/mol. The molecule has 2 amide bonds. The summed E-state index contributed by atoms with van der Waals surface area (Å²) < 4.78 is 0. The summed E-state index contributed by atoms with van der Waals surface area (Å²) in [4.78, 5) is 24.2. The number of benzene rings is 2. The molecule has 0 unspecified atom stereocenters. The predicted octanol–water partition coefficient (Wildman–Crippen LogP) is 3.36. The van der Waals surface area contributed by atoms with Gasteiger partial charge in [-0.2, -0.15) is 0 Å². The molecule has 2 aromatic carbocycles. The summed E-state index contributed by atoms with van der Waals surface area (Å²) in [6.07, 6.45) is 0. The molecular formula is C21H27N3O2. The Morgan fingerprint density at radius 3 is 2.38 bits per heavy atom. The fourth-order valence-electron chi connectivity index (χ4n) is 2.81. The Labute approximate surface area is 155 Å². The molecule has 0 spiro atoms. The standard InChI is InChI=1S/C21H27N3O2/c1-4-22-21(26)17-11-8-12-18(13-17)24-19(25)14-23-20(15(2)3)16-9-6-5-7-10-16/h5-13,15,20,23H,4,14H2,1-3H3,(H,22,26)(H,24,25)/t20-/m1/s1. The van der Waals surface area contributed by atoms with Crippen LogP contribution in [0.15, 0.2) is 54.6 Å². The van der Waals surface area contributed by atoms with E-state index in [1.54, 1.807) is 24.3 Å². The summed E-state index contributed by atoms with van der Waals surface area (Å²) in [7, 11) is 0. The van der Waals surface area contributed by atoms with Crippen LogP contribution < -0.4 is 16.0 Å². The Bertz CT molecular complexity index is 729. The van der Waals surface area contributed by atoms with E-state index in [0.29, 0.717) is 23.7 Å². The maximum Gasteiger partial charge on any atom is 0.251 e. The van der Waals surface area contributed by atoms with Crippen molar-refractivity contribution in [2.45, 2.75) is 26.8 Å². The highest BCUT2D eigenvalue weighted by atomic mass is 16.2. The number of rotatable bonds is 8. The number of carbonyl (C=O) groups is 2. The second-order valence-corrected chi connectivity index (χ2v) is 6.50. The molecule has 3 N–H and O–H groups in total. The molecule has 5 heteroatoms. The molecule has 138 valence electrons. The van der Waals surface area contributed by atoms with Gasteiger partial charge in [-0.3, -0.25) is 9.59 Å². The number of hydrogen-bond acceptors (Lipinski definition) is 3. The lowest BCUT2D eigenvalue weighted by Gasteiger charge is -2.22. The molecule has 2 rings (SSSR count). The number of hydrogen-bond donors (Lipinski definition) is 3. The number of nitrogens with one attached hydrogen (secondary N) is 3. The quantitative estimate of drug-likeness (QED) is 0.681. The van der Waals surface area contributed by atoms with E-state index in [1.165, 1.54) is 0 Å². The molecule has 0 bridgehead atoms. The maximum atomic E-state index is 12.3. The van der Waals surface area contributed by atoms with Crippen LogP contribution in [0.2, 0.25) is 0 Å². The van der Waals surface area contributed by atoms with Crippen LogP contribution in [0.5, 0.6) is 0 Å². The van der Waals surface area contributed by atoms with Crippen LogP contribution in [0.1, 0.15) is 42.7 Å². The van der Waals surface area contributed by atoms with E-state index >= 15 is 0 Å². The second-order valence-electron chi connectivity index (χ2n) is 6.50. The first-order chi connectivity index (χ1) is 12.5. The second kappa shape index (κ2) is 9.73. The van der Waals surface area contributed by atoms with E-state index in [4.69, 9.17) is 0 Å². The van der Waals surface area contributed by atoms with Gasteiger partial charge in [-0.25, -0.2) is 0 Å². The average Bonchev–Trinajstić information content (AvgIpc) is 2.63. The molecule has 0 aliphatic carbocycles. The van der Waals surface area contributed by atoms with Gasteiger partial charge in [0.1, 0.15) is 0 Å². The zero-order chi connectivity index (χ0) is 18.9. The summed E-state index contributed by atoms with van der Waals surface area (Å²) in [6.45, 7) is 6.88. The van der Waals surface area contributed by atoms with Gasteiger partial charge in [0.15, 0.2) is 0 Å². The first kappa shape index (κ1) is 19.7. The lowest BCUT2D eigenvalue weighted by Crippen LogP contribution is -2.33. The molecule has 0 saturated heterocycles. The molecule has 0 radical (unpaired) electrons. The largest absolute Gasteiger partial charge is 0.352 e. The molecular weight excluding hydrogens is 326 g/mol. The van der Waals surface area contributed by atoms with E-state index in [2.05, 4.69) is 41.9 Å². The molecule has 0 aliphatic rings. The molecule has 2 aromatic rings. The summed E-state index contributed by atoms with van der Waals surface area (Å²) >= 11 is 0. The molecule has 5 nitrogen and oxygen atoms in total. The summed E-state index contributed by atoms with van der Waals surface area (Å²) in [5.74, 6) is 0.0663. The first-order valence-electron chi connectivity index (χ1n) is 8.97. The van der Waals surface area contributed by atoms with E-state index in [9.17, 15) is 9.59 Å². The SMILES string of the molecule is CCNC(=O)c1cccc(NC(=O)CN[C@@H](c2ccccc2)C(C)C)c1. The zero-order valence-electron chi connectivity index (χ0n) is 15.6. The molecule has 0 fully saturated rings. The maximum absolute atomic E-state index is 12.3. The van der Waals surface area contributed by atoms with Gasteiger partial charge in [0.05, 0.1) is 6.54 Å². The predicted molar refractivity (Wildman–Crippen MR) is 105 cm³/mol. The lowest BCUT2D eigenvalue weighted by atomic mass is 9.96. The van der Waals surface area contributed by atoms with Crippen LogP contribution >= 0.6 is 0 Å². The molecule has 0 saturated carbocycles. The minimum Gasteiger partial charge on any atom is -0.352 e. The Balaban J connectivity index is 1.96. The third-order valence-electron chi connectivity index (χ3n) is 4.05. The van der Waals surface area contributed by atoms with Gasteiger partial charge in [-0.1, -0.05) is 50.2 Å². The van der Waals surface area contributed by atoms with E-state index in [0.717, 1.165) is 5.56 Å². The highest BCUT2D eigenvalue weighted by molar-refractivity contribution is 5.97. The van der Waals surface area contributed by atoms with E-state index < -0.39 is 0 Å². The van der Waals surface area contributed by atoms with Crippen molar-refractivity contribution in [1.29, 1.82) is 0 Å². The van der Waals surface area contributed by atoms with Crippen molar-refractivity contribution in [1.82, 2.24) is 10.6 Å². The van der Waals surface area contributed by atoms with Crippen molar-refractivity contribution in [3.63, 3.8) is 0 Å². The normalized spacial score (nSPS) is 11.8. The van der Waals surface area contributed by atoms with Gasteiger partial charge in [0.2, 0.25) is 5.91 Å². The van der Waals surface area contributed by atoms with Gasteiger partial charge in [0, 0.05) is 23.8 Å². The monoisotopic (exact) mass is 353 g/mol. The number of carbonyl (C=O) groups excluding carboxylic acids is 2. The molecule has 1 atom stereocenters. The molecule has 0 aliphatic heterocycles. The Kier molecular flexibility index (Phi) is 7.36. The van der Waals surface area contributed by atoms with E-state index in [-0.39, 0.29) is 24.4 Å². The molecule has 26 heavy (non-hydrogen) atoms. The highest BCUT2D eigenvalue weighted by Gasteiger charge is 2.16. The van der Waals surface area contributed by atoms with Crippen LogP contribution in [0.4, 0.5) is 5.69 Å². The van der Waals surface area contributed by atoms with Crippen LogP contribution in [0, 0.1) is 5.92 Å². The van der Waals surface area contributed by atoms with E-state index in [1.807, 2.05) is 25.1 Å². The molecule has 0 aromatic heterocycles. The fourth-order valence-corrected chi connectivity index (χ4v) is 2.81. The van der Waals surface area contributed by atoms with Crippen LogP contribution in [-0.2, 0) is 4.79 Å². The summed E-state index contributed by atoms with van der Waals surface area (Å²) in [5.41, 5.74) is 2.30. The Hall–Kier alpha value is -2.66. The number of anilines is 1.